The van der Waals surface area contributed by atoms with Crippen molar-refractivity contribution < 1.29 is 86.0 Å². The van der Waals surface area contributed by atoms with Gasteiger partial charge in [0.25, 0.3) is 0 Å². The zero-order valence-corrected chi connectivity index (χ0v) is 32.2. The van der Waals surface area contributed by atoms with Crippen molar-refractivity contribution in [3.8, 4) is 0 Å². The third kappa shape index (κ3) is 11.9. The van der Waals surface area contributed by atoms with Crippen LogP contribution in [0.1, 0.15) is 58.8 Å². The van der Waals surface area contributed by atoms with Crippen LogP contribution in [0.15, 0.2) is 91.0 Å². The highest BCUT2D eigenvalue weighted by atomic mass is 16.8. The number of hydrogen-bond acceptors (Lipinski definition) is 18. The number of rotatable bonds is 14. The smallest absolute Gasteiger partial charge is 0.338 e. The highest BCUT2D eigenvalue weighted by Crippen LogP contribution is 2.35. The van der Waals surface area contributed by atoms with E-state index in [9.17, 15) is 38.7 Å². The Morgan fingerprint density at radius 2 is 0.864 bits per heavy atom. The second-order valence-electron chi connectivity index (χ2n) is 13.2. The minimum absolute atomic E-state index is 0.0275. The second kappa shape index (κ2) is 20.5. The number of aliphatic hydroxyl groups excluding tert-OH is 1. The van der Waals surface area contributed by atoms with E-state index in [1.807, 2.05) is 0 Å². The molecule has 5 rings (SSSR count). The number of aliphatic hydroxyl groups is 1. The van der Waals surface area contributed by atoms with Gasteiger partial charge in [0.15, 0.2) is 43.1 Å². The fourth-order valence-corrected chi connectivity index (χ4v) is 6.25. The number of carbonyl (C=O) groups excluding carboxylic acids is 7. The zero-order valence-electron chi connectivity index (χ0n) is 32.2. The van der Waals surface area contributed by atoms with Gasteiger partial charge in [-0.05, 0) is 36.4 Å². The summed E-state index contributed by atoms with van der Waals surface area (Å²) in [5, 5.41) is 11.4. The third-order valence-electron chi connectivity index (χ3n) is 8.74. The SMILES string of the molecule is CC(=O)OC[C@H]1O[C@H](O[C@@H]2[C@H](OC(=O)c3ccccc3)[C@@H](OC(=O)c3ccccc3)[C@H](O)O[C@@H]2COC(=O)c2ccccc2)[C@H](OC(C)=O)[C@@H](OC(C)=O)[C@H]1OC(C)=O. The quantitative estimate of drug-likeness (QED) is 0.182. The molecule has 59 heavy (non-hydrogen) atoms. The van der Waals surface area contributed by atoms with Crippen molar-refractivity contribution in [2.45, 2.75) is 89.1 Å². The standard InChI is InChI=1S/C41H42O18/c1-22(42)50-20-30-31(52-23(2)43)34(53-24(3)44)36(54-25(4)45)41(56-30)59-32-29(21-51-37(46)26-14-8-5-9-15-26)55-40(49)35(58-39(48)28-18-12-7-13-19-28)33(32)57-38(47)27-16-10-6-11-17-27/h5-19,29-36,40-41,49H,20-21H2,1-4H3/t29-,30-,31+,32+,33+,34+,35-,36-,40-,41-/m1/s1. The summed E-state index contributed by atoms with van der Waals surface area (Å²) < 4.78 is 57.4. The molecule has 18 nitrogen and oxygen atoms in total. The molecule has 314 valence electrons. The van der Waals surface area contributed by atoms with Crippen LogP contribution in [0.4, 0.5) is 0 Å². The molecule has 0 saturated carbocycles. The maximum atomic E-state index is 13.8. The first-order chi connectivity index (χ1) is 28.2. The number of carbonyl (C=O) groups is 7. The molecule has 0 bridgehead atoms. The molecule has 0 spiro atoms. The summed E-state index contributed by atoms with van der Waals surface area (Å²) in [6.45, 7) is 2.88. The molecule has 0 unspecified atom stereocenters. The Kier molecular flexibility index (Phi) is 15.2. The molecule has 0 amide bonds. The minimum Gasteiger partial charge on any atom is -0.463 e. The van der Waals surface area contributed by atoms with E-state index in [4.69, 9.17) is 47.4 Å². The third-order valence-corrected chi connectivity index (χ3v) is 8.74. The van der Waals surface area contributed by atoms with Gasteiger partial charge < -0.3 is 52.5 Å². The fourth-order valence-electron chi connectivity index (χ4n) is 6.25. The zero-order chi connectivity index (χ0) is 42.6. The highest BCUT2D eigenvalue weighted by Gasteiger charge is 2.57. The van der Waals surface area contributed by atoms with Gasteiger partial charge in [0.05, 0.1) is 16.7 Å². The van der Waals surface area contributed by atoms with Crippen LogP contribution < -0.4 is 0 Å². The molecule has 2 aliphatic heterocycles. The maximum absolute atomic E-state index is 13.8. The molecule has 0 aliphatic carbocycles. The second-order valence-corrected chi connectivity index (χ2v) is 13.2. The molecule has 2 heterocycles. The van der Waals surface area contributed by atoms with Crippen LogP contribution in [0.3, 0.4) is 0 Å². The highest BCUT2D eigenvalue weighted by molar-refractivity contribution is 5.91. The fraction of sp³-hybridized carbons (Fsp3) is 0.390. The molecule has 1 N–H and O–H groups in total. The predicted octanol–water partition coefficient (Wildman–Crippen LogP) is 2.48. The van der Waals surface area contributed by atoms with Crippen molar-refractivity contribution in [1.29, 1.82) is 0 Å². The van der Waals surface area contributed by atoms with Crippen LogP contribution in [-0.4, -0.2) is 122 Å². The average Bonchev–Trinajstić information content (AvgIpc) is 3.21. The Labute approximate surface area is 337 Å². The number of benzene rings is 3. The Hall–Kier alpha value is -6.21. The van der Waals surface area contributed by atoms with Crippen molar-refractivity contribution in [3.63, 3.8) is 0 Å². The van der Waals surface area contributed by atoms with Crippen LogP contribution in [0.2, 0.25) is 0 Å². The largest absolute Gasteiger partial charge is 0.463 e. The monoisotopic (exact) mass is 822 g/mol. The molecule has 0 radical (unpaired) electrons. The number of ether oxygens (including phenoxy) is 10. The van der Waals surface area contributed by atoms with Gasteiger partial charge in [0.2, 0.25) is 0 Å². The van der Waals surface area contributed by atoms with E-state index >= 15 is 0 Å². The molecule has 2 saturated heterocycles. The Balaban J connectivity index is 1.61. The van der Waals surface area contributed by atoms with Crippen LogP contribution in [0.25, 0.3) is 0 Å². The summed E-state index contributed by atoms with van der Waals surface area (Å²) in [5.74, 6) is -6.31. The maximum Gasteiger partial charge on any atom is 0.338 e. The number of esters is 7. The van der Waals surface area contributed by atoms with E-state index < -0.39 is 116 Å². The van der Waals surface area contributed by atoms with E-state index in [0.29, 0.717) is 0 Å². The van der Waals surface area contributed by atoms with Crippen LogP contribution in [0.5, 0.6) is 0 Å². The van der Waals surface area contributed by atoms with E-state index in [0.717, 1.165) is 27.7 Å². The van der Waals surface area contributed by atoms with Gasteiger partial charge in [-0.1, -0.05) is 54.6 Å². The summed E-state index contributed by atoms with van der Waals surface area (Å²) in [6, 6.07) is 23.1. The summed E-state index contributed by atoms with van der Waals surface area (Å²) in [6.07, 6.45) is -17.4. The van der Waals surface area contributed by atoms with Gasteiger partial charge in [-0.2, -0.15) is 0 Å². The van der Waals surface area contributed by atoms with Gasteiger partial charge >= 0.3 is 41.8 Å². The Morgan fingerprint density at radius 1 is 0.458 bits per heavy atom. The van der Waals surface area contributed by atoms with Crippen molar-refractivity contribution >= 4 is 41.8 Å². The van der Waals surface area contributed by atoms with Crippen LogP contribution >= 0.6 is 0 Å². The molecule has 0 aromatic heterocycles. The van der Waals surface area contributed by atoms with Crippen LogP contribution in [-0.2, 0) is 66.5 Å². The van der Waals surface area contributed by atoms with E-state index in [1.165, 1.54) is 36.4 Å². The number of hydrogen-bond donors (Lipinski definition) is 1. The minimum atomic E-state index is -2.05. The van der Waals surface area contributed by atoms with Crippen molar-refractivity contribution in [2.24, 2.45) is 0 Å². The molecule has 10 atom stereocenters. The van der Waals surface area contributed by atoms with Crippen LogP contribution in [0, 0.1) is 0 Å². The van der Waals surface area contributed by atoms with Gasteiger partial charge in [0.1, 0.15) is 31.5 Å². The lowest BCUT2D eigenvalue weighted by atomic mass is 9.96. The van der Waals surface area contributed by atoms with Gasteiger partial charge in [0, 0.05) is 27.7 Å². The molecule has 3 aromatic carbocycles. The Morgan fingerprint density at radius 3 is 1.36 bits per heavy atom. The van der Waals surface area contributed by atoms with Crippen molar-refractivity contribution in [2.75, 3.05) is 13.2 Å². The first-order valence-corrected chi connectivity index (χ1v) is 18.3. The normalized spacial score (nSPS) is 26.3. The van der Waals surface area contributed by atoms with E-state index in [2.05, 4.69) is 0 Å². The molecule has 18 heteroatoms. The molecule has 2 fully saturated rings. The lowest BCUT2D eigenvalue weighted by Gasteiger charge is -2.48. The van der Waals surface area contributed by atoms with E-state index in [1.54, 1.807) is 54.6 Å². The molecular formula is C41H42O18. The first-order valence-electron chi connectivity index (χ1n) is 18.3. The van der Waals surface area contributed by atoms with Crippen molar-refractivity contribution in [3.05, 3.63) is 108 Å². The van der Waals surface area contributed by atoms with Gasteiger partial charge in [-0.15, -0.1) is 0 Å². The summed E-state index contributed by atoms with van der Waals surface area (Å²) in [7, 11) is 0. The van der Waals surface area contributed by atoms with Gasteiger partial charge in [-0.3, -0.25) is 19.2 Å². The molecular weight excluding hydrogens is 780 g/mol. The summed E-state index contributed by atoms with van der Waals surface area (Å²) in [4.78, 5) is 89.7. The molecule has 2 aliphatic rings. The predicted molar refractivity (Wildman–Crippen MR) is 196 cm³/mol. The first kappa shape index (κ1) is 43.9. The lowest BCUT2D eigenvalue weighted by Crippen LogP contribution is -2.67. The summed E-state index contributed by atoms with van der Waals surface area (Å²) in [5.41, 5.74) is 0.214. The average molecular weight is 823 g/mol. The lowest BCUT2D eigenvalue weighted by molar-refractivity contribution is -0.355. The van der Waals surface area contributed by atoms with Crippen molar-refractivity contribution in [1.82, 2.24) is 0 Å². The van der Waals surface area contributed by atoms with Gasteiger partial charge in [-0.25, -0.2) is 14.4 Å². The summed E-state index contributed by atoms with van der Waals surface area (Å²) >= 11 is 0. The Bertz CT molecular complexity index is 1940. The topological polar surface area (TPSA) is 232 Å². The molecule has 3 aromatic rings. The van der Waals surface area contributed by atoms with E-state index in [-0.39, 0.29) is 16.7 Å².